The number of aromatic amines is 1. The summed E-state index contributed by atoms with van der Waals surface area (Å²) in [6, 6.07) is 3.83. The summed E-state index contributed by atoms with van der Waals surface area (Å²) in [6.45, 7) is 7.49. The third-order valence-corrected chi connectivity index (χ3v) is 4.11. The van der Waals surface area contributed by atoms with E-state index >= 15 is 0 Å². The summed E-state index contributed by atoms with van der Waals surface area (Å²) in [5.41, 5.74) is 4.44. The Morgan fingerprint density at radius 3 is 2.81 bits per heavy atom. The monoisotopic (exact) mass is 368 g/mol. The average Bonchev–Trinajstić information content (AvgIpc) is 2.97. The van der Waals surface area contributed by atoms with Gasteiger partial charge >= 0.3 is 0 Å². The molecular weight excluding hydrogens is 348 g/mol. The second-order valence-electron chi connectivity index (χ2n) is 6.44. The van der Waals surface area contributed by atoms with E-state index in [1.165, 1.54) is 0 Å². The minimum absolute atomic E-state index is 0.210. The number of hydrogen-bond donors (Lipinski definition) is 2. The van der Waals surface area contributed by atoms with Crippen LogP contribution in [0.1, 0.15) is 43.2 Å². The molecule has 0 aliphatic heterocycles. The smallest absolute Gasteiger partial charge is 0.154 e. The molecule has 134 valence electrons. The molecule has 3 rings (SSSR count). The van der Waals surface area contributed by atoms with Crippen LogP contribution in [0.3, 0.4) is 0 Å². The van der Waals surface area contributed by atoms with E-state index in [0.29, 0.717) is 33.6 Å². The Bertz CT molecular complexity index is 949. The highest BCUT2D eigenvalue weighted by atomic mass is 35.5. The highest BCUT2D eigenvalue weighted by molar-refractivity contribution is 6.65. The Labute approximate surface area is 158 Å². The van der Waals surface area contributed by atoms with Crippen LogP contribution >= 0.6 is 11.6 Å². The molecule has 0 bridgehead atoms. The fourth-order valence-corrected chi connectivity index (χ4v) is 2.92. The molecule has 0 saturated carbocycles. The molecule has 0 fully saturated rings. The van der Waals surface area contributed by atoms with Gasteiger partial charge in [0.1, 0.15) is 16.6 Å². The quantitative estimate of drug-likeness (QED) is 0.701. The Hall–Kier alpha value is -2.66. The zero-order valence-electron chi connectivity index (χ0n) is 15.2. The average molecular weight is 369 g/mol. The predicted octanol–water partition coefficient (Wildman–Crippen LogP) is 5.48. The number of nitrogens with zero attached hydrogens (tertiary/aromatic N) is 2. The van der Waals surface area contributed by atoms with Gasteiger partial charge in [0.2, 0.25) is 0 Å². The minimum atomic E-state index is 0.210. The third-order valence-electron chi connectivity index (χ3n) is 4.02. The molecular formula is C20H21ClN4O. The van der Waals surface area contributed by atoms with Crippen LogP contribution in [0.15, 0.2) is 35.5 Å². The van der Waals surface area contributed by atoms with Crippen molar-refractivity contribution in [3.63, 3.8) is 0 Å². The van der Waals surface area contributed by atoms with Gasteiger partial charge in [-0.25, -0.2) is 4.99 Å². The molecule has 1 atom stereocenters. The SMILES string of the molecule is CC(=N)c1cc(C)cc(OC2=CC(C)C=Cc3[nH]ncc32)c1/N=C(\C)Cl. The number of benzene rings is 1. The highest BCUT2D eigenvalue weighted by Gasteiger charge is 2.19. The molecule has 26 heavy (non-hydrogen) atoms. The third kappa shape index (κ3) is 3.78. The van der Waals surface area contributed by atoms with Gasteiger partial charge in [-0.1, -0.05) is 24.6 Å². The first-order valence-corrected chi connectivity index (χ1v) is 8.75. The second-order valence-corrected chi connectivity index (χ2v) is 6.99. The van der Waals surface area contributed by atoms with Gasteiger partial charge in [-0.15, -0.1) is 0 Å². The fraction of sp³-hybridized carbons (Fsp3) is 0.250. The number of halogens is 1. The lowest BCUT2D eigenvalue weighted by Gasteiger charge is -2.16. The van der Waals surface area contributed by atoms with Crippen molar-refractivity contribution in [1.82, 2.24) is 10.2 Å². The van der Waals surface area contributed by atoms with Gasteiger partial charge < -0.3 is 10.1 Å². The lowest BCUT2D eigenvalue weighted by atomic mass is 10.0. The first kappa shape index (κ1) is 18.1. The van der Waals surface area contributed by atoms with Gasteiger partial charge in [0.05, 0.1) is 17.5 Å². The summed E-state index contributed by atoms with van der Waals surface area (Å²) < 4.78 is 6.29. The van der Waals surface area contributed by atoms with Crippen molar-refractivity contribution < 1.29 is 4.74 Å². The lowest BCUT2D eigenvalue weighted by molar-refractivity contribution is 0.512. The summed E-state index contributed by atoms with van der Waals surface area (Å²) in [5.74, 6) is 1.48. The standard InChI is InChI=1S/C20H21ClN4O/c1-11-5-6-17-16(10-23-25-17)18(8-11)26-19-9-12(2)7-15(13(3)22)20(19)24-14(4)21/h5-11,22H,1-4H3,(H,23,25)/b22-13?,24-14+. The van der Waals surface area contributed by atoms with Gasteiger partial charge in [0, 0.05) is 11.3 Å². The lowest BCUT2D eigenvalue weighted by Crippen LogP contribution is -2.01. The summed E-state index contributed by atoms with van der Waals surface area (Å²) in [4.78, 5) is 4.42. The fourth-order valence-electron chi connectivity index (χ4n) is 2.84. The number of rotatable bonds is 4. The van der Waals surface area contributed by atoms with E-state index in [1.807, 2.05) is 31.2 Å². The summed E-state index contributed by atoms with van der Waals surface area (Å²) in [6.07, 6.45) is 7.88. The normalized spacial score (nSPS) is 16.7. The summed E-state index contributed by atoms with van der Waals surface area (Å²) >= 11 is 6.04. The zero-order valence-corrected chi connectivity index (χ0v) is 16.0. The number of aryl methyl sites for hydroxylation is 1. The molecule has 0 radical (unpaired) electrons. The van der Waals surface area contributed by atoms with Crippen LogP contribution in [-0.4, -0.2) is 21.1 Å². The molecule has 2 aromatic rings. The molecule has 1 aliphatic rings. The molecule has 0 amide bonds. The largest absolute Gasteiger partial charge is 0.455 e. The van der Waals surface area contributed by atoms with E-state index in [1.54, 1.807) is 20.0 Å². The minimum Gasteiger partial charge on any atom is -0.455 e. The van der Waals surface area contributed by atoms with Gasteiger partial charge in [-0.3, -0.25) is 5.10 Å². The Balaban J connectivity index is 2.14. The summed E-state index contributed by atoms with van der Waals surface area (Å²) in [5, 5.41) is 15.6. The molecule has 6 heteroatoms. The van der Waals surface area contributed by atoms with Crippen molar-refractivity contribution in [3.8, 4) is 5.75 Å². The van der Waals surface area contributed by atoms with E-state index < -0.39 is 0 Å². The van der Waals surface area contributed by atoms with Gasteiger partial charge in [-0.05, 0) is 56.5 Å². The first-order valence-electron chi connectivity index (χ1n) is 8.37. The van der Waals surface area contributed by atoms with E-state index in [4.69, 9.17) is 21.7 Å². The van der Waals surface area contributed by atoms with Gasteiger partial charge in [-0.2, -0.15) is 5.10 Å². The molecule has 2 N–H and O–H groups in total. The van der Waals surface area contributed by atoms with Crippen molar-refractivity contribution >= 4 is 40.0 Å². The van der Waals surface area contributed by atoms with Crippen molar-refractivity contribution in [1.29, 1.82) is 5.41 Å². The number of nitrogens with one attached hydrogen (secondary N) is 2. The number of fused-ring (bicyclic) bond motifs is 1. The van der Waals surface area contributed by atoms with Crippen LogP contribution in [0.5, 0.6) is 5.75 Å². The van der Waals surface area contributed by atoms with Crippen molar-refractivity contribution in [2.45, 2.75) is 27.7 Å². The van der Waals surface area contributed by atoms with Crippen LogP contribution in [0.2, 0.25) is 0 Å². The molecule has 1 aromatic heterocycles. The predicted molar refractivity (Wildman–Crippen MR) is 108 cm³/mol. The molecule has 1 aliphatic carbocycles. The number of H-pyrrole nitrogens is 1. The van der Waals surface area contributed by atoms with Crippen molar-refractivity contribution in [3.05, 3.63) is 52.9 Å². The van der Waals surface area contributed by atoms with Crippen molar-refractivity contribution in [2.24, 2.45) is 10.9 Å². The Morgan fingerprint density at radius 2 is 2.12 bits per heavy atom. The maximum absolute atomic E-state index is 8.09. The number of aromatic nitrogens is 2. The number of allylic oxidation sites excluding steroid dienone is 2. The maximum Gasteiger partial charge on any atom is 0.154 e. The van der Waals surface area contributed by atoms with Crippen LogP contribution < -0.4 is 4.74 Å². The number of aliphatic imine (C=N–C) groups is 1. The number of hydrogen-bond acceptors (Lipinski definition) is 4. The van der Waals surface area contributed by atoms with Crippen LogP contribution in [0, 0.1) is 18.3 Å². The topological polar surface area (TPSA) is 74.1 Å². The first-order chi connectivity index (χ1) is 12.3. The molecule has 0 spiro atoms. The van der Waals surface area contributed by atoms with Gasteiger partial charge in [0.25, 0.3) is 0 Å². The van der Waals surface area contributed by atoms with E-state index in [9.17, 15) is 0 Å². The van der Waals surface area contributed by atoms with Crippen LogP contribution in [-0.2, 0) is 0 Å². The van der Waals surface area contributed by atoms with Crippen LogP contribution in [0.4, 0.5) is 5.69 Å². The molecule has 5 nitrogen and oxygen atoms in total. The van der Waals surface area contributed by atoms with E-state index in [2.05, 4.69) is 28.2 Å². The Kier molecular flexibility index (Phi) is 5.09. The van der Waals surface area contributed by atoms with E-state index in [-0.39, 0.29) is 5.92 Å². The second kappa shape index (κ2) is 7.30. The van der Waals surface area contributed by atoms with Gasteiger partial charge in [0.15, 0.2) is 5.75 Å². The highest BCUT2D eigenvalue weighted by Crippen LogP contribution is 2.38. The zero-order chi connectivity index (χ0) is 18.8. The summed E-state index contributed by atoms with van der Waals surface area (Å²) in [7, 11) is 0. The molecule has 1 heterocycles. The Morgan fingerprint density at radius 1 is 1.35 bits per heavy atom. The molecule has 1 unspecified atom stereocenters. The maximum atomic E-state index is 8.09. The number of ether oxygens (including phenoxy) is 1. The molecule has 1 aromatic carbocycles. The van der Waals surface area contributed by atoms with E-state index in [0.717, 1.165) is 16.8 Å². The molecule has 0 saturated heterocycles. The van der Waals surface area contributed by atoms with Crippen molar-refractivity contribution in [2.75, 3.05) is 0 Å². The van der Waals surface area contributed by atoms with Crippen LogP contribution in [0.25, 0.3) is 11.8 Å².